The molecule has 0 radical (unpaired) electrons. The first-order valence-electron chi connectivity index (χ1n) is 5.20. The number of hydrogen-bond acceptors (Lipinski definition) is 5. The van der Waals surface area contributed by atoms with Gasteiger partial charge in [0, 0.05) is 12.3 Å². The van der Waals surface area contributed by atoms with E-state index in [4.69, 9.17) is 20.8 Å². The van der Waals surface area contributed by atoms with Gasteiger partial charge in [0.15, 0.2) is 5.76 Å². The number of fused-ring (bicyclic) bond motifs is 1. The molecule has 5 nitrogen and oxygen atoms in total. The number of methoxy groups -OCH3 is 1. The Morgan fingerprint density at radius 1 is 1.28 bits per heavy atom. The maximum absolute atomic E-state index is 5.80. The molecular formula is C12H8ClN3O2. The average Bonchev–Trinajstić information content (AvgIpc) is 2.82. The Morgan fingerprint density at radius 3 is 2.89 bits per heavy atom. The summed E-state index contributed by atoms with van der Waals surface area (Å²) >= 11 is 5.80. The quantitative estimate of drug-likeness (QED) is 0.664. The van der Waals surface area contributed by atoms with E-state index >= 15 is 0 Å². The largest absolute Gasteiger partial charge is 0.478 e. The second kappa shape index (κ2) is 4.27. The summed E-state index contributed by atoms with van der Waals surface area (Å²) in [6, 6.07) is 7.32. The Balaban J connectivity index is 2.23. The first-order valence-corrected chi connectivity index (χ1v) is 5.58. The van der Waals surface area contributed by atoms with Gasteiger partial charge in [0.05, 0.1) is 7.11 Å². The van der Waals surface area contributed by atoms with E-state index in [1.165, 1.54) is 7.11 Å². The van der Waals surface area contributed by atoms with Crippen molar-refractivity contribution in [2.24, 2.45) is 0 Å². The average molecular weight is 262 g/mol. The van der Waals surface area contributed by atoms with E-state index in [1.807, 2.05) is 18.2 Å². The van der Waals surface area contributed by atoms with Crippen LogP contribution in [-0.2, 0) is 0 Å². The summed E-state index contributed by atoms with van der Waals surface area (Å²) in [7, 11) is 1.50. The van der Waals surface area contributed by atoms with Gasteiger partial charge in [-0.25, -0.2) is 4.98 Å². The van der Waals surface area contributed by atoms with E-state index < -0.39 is 0 Å². The van der Waals surface area contributed by atoms with Gasteiger partial charge >= 0.3 is 0 Å². The first kappa shape index (κ1) is 11.0. The van der Waals surface area contributed by atoms with Crippen molar-refractivity contribution < 1.29 is 9.15 Å². The van der Waals surface area contributed by atoms with Gasteiger partial charge in [-0.05, 0) is 23.7 Å². The lowest BCUT2D eigenvalue weighted by atomic mass is 10.3. The van der Waals surface area contributed by atoms with Crippen LogP contribution in [-0.4, -0.2) is 22.1 Å². The standard InChI is InChI=1S/C12H8ClN3O2/c1-17-11-10-8(15-12(13)16-11)6-9(18-10)7-4-2-3-5-14-7/h2-6H,1H3. The molecule has 0 aliphatic carbocycles. The lowest BCUT2D eigenvalue weighted by Crippen LogP contribution is -1.90. The summed E-state index contributed by atoms with van der Waals surface area (Å²) in [5.74, 6) is 0.910. The predicted octanol–water partition coefficient (Wildman–Crippen LogP) is 2.95. The molecule has 3 aromatic rings. The molecule has 3 heterocycles. The second-order valence-electron chi connectivity index (χ2n) is 3.54. The van der Waals surface area contributed by atoms with Gasteiger partial charge in [0.1, 0.15) is 11.2 Å². The molecule has 3 rings (SSSR count). The van der Waals surface area contributed by atoms with Crippen molar-refractivity contribution >= 4 is 22.7 Å². The number of rotatable bonds is 2. The highest BCUT2D eigenvalue weighted by Crippen LogP contribution is 2.31. The van der Waals surface area contributed by atoms with E-state index in [0.717, 1.165) is 0 Å². The van der Waals surface area contributed by atoms with Crippen LogP contribution < -0.4 is 4.74 Å². The first-order chi connectivity index (χ1) is 8.78. The summed E-state index contributed by atoms with van der Waals surface area (Å²) < 4.78 is 10.8. The van der Waals surface area contributed by atoms with Gasteiger partial charge in [-0.3, -0.25) is 4.98 Å². The van der Waals surface area contributed by atoms with Crippen molar-refractivity contribution in [3.05, 3.63) is 35.7 Å². The zero-order valence-corrected chi connectivity index (χ0v) is 10.2. The van der Waals surface area contributed by atoms with Gasteiger partial charge in [-0.2, -0.15) is 4.98 Å². The SMILES string of the molecule is COc1nc(Cl)nc2cc(-c3ccccn3)oc12. The fraction of sp³-hybridized carbons (Fsp3) is 0.0833. The molecule has 3 aromatic heterocycles. The number of pyridine rings is 1. The number of aromatic nitrogens is 3. The Hall–Kier alpha value is -2.14. The molecule has 0 N–H and O–H groups in total. The minimum Gasteiger partial charge on any atom is -0.478 e. The van der Waals surface area contributed by atoms with Crippen molar-refractivity contribution in [2.45, 2.75) is 0 Å². The molecule has 0 bridgehead atoms. The summed E-state index contributed by atoms with van der Waals surface area (Å²) in [4.78, 5) is 12.2. The number of ether oxygens (including phenoxy) is 1. The molecule has 0 aromatic carbocycles. The third kappa shape index (κ3) is 1.78. The highest BCUT2D eigenvalue weighted by molar-refractivity contribution is 6.28. The van der Waals surface area contributed by atoms with Gasteiger partial charge in [0.25, 0.3) is 5.88 Å². The summed E-state index contributed by atoms with van der Waals surface area (Å²) in [5, 5.41) is 0.118. The van der Waals surface area contributed by atoms with E-state index in [-0.39, 0.29) is 5.28 Å². The smallest absolute Gasteiger partial charge is 0.262 e. The Bertz CT molecular complexity index is 697. The Labute approximate surface area is 107 Å². The van der Waals surface area contributed by atoms with E-state index in [9.17, 15) is 0 Å². The van der Waals surface area contributed by atoms with Crippen molar-refractivity contribution in [3.63, 3.8) is 0 Å². The summed E-state index contributed by atoms with van der Waals surface area (Å²) in [6.07, 6.45) is 1.69. The van der Waals surface area contributed by atoms with E-state index in [0.29, 0.717) is 28.4 Å². The van der Waals surface area contributed by atoms with Gasteiger partial charge in [0.2, 0.25) is 10.9 Å². The molecule has 0 spiro atoms. The van der Waals surface area contributed by atoms with Crippen LogP contribution in [0.2, 0.25) is 5.28 Å². The maximum atomic E-state index is 5.80. The van der Waals surface area contributed by atoms with Gasteiger partial charge in [-0.1, -0.05) is 6.07 Å². The third-order valence-electron chi connectivity index (χ3n) is 2.42. The van der Waals surface area contributed by atoms with Crippen LogP contribution in [0, 0.1) is 0 Å². The van der Waals surface area contributed by atoms with E-state index in [2.05, 4.69) is 15.0 Å². The summed E-state index contributed by atoms with van der Waals surface area (Å²) in [5.41, 5.74) is 1.77. The molecule has 0 fully saturated rings. The number of furan rings is 1. The van der Waals surface area contributed by atoms with Gasteiger partial charge in [-0.15, -0.1) is 0 Å². The highest BCUT2D eigenvalue weighted by Gasteiger charge is 2.14. The third-order valence-corrected chi connectivity index (χ3v) is 2.59. The van der Waals surface area contributed by atoms with Crippen molar-refractivity contribution in [1.82, 2.24) is 15.0 Å². The molecule has 0 saturated carbocycles. The van der Waals surface area contributed by atoms with Crippen LogP contribution in [0.3, 0.4) is 0 Å². The molecular weight excluding hydrogens is 254 g/mol. The monoisotopic (exact) mass is 261 g/mol. The van der Waals surface area contributed by atoms with Crippen molar-refractivity contribution in [1.29, 1.82) is 0 Å². The molecule has 0 atom stereocenters. The molecule has 6 heteroatoms. The van der Waals surface area contributed by atoms with E-state index in [1.54, 1.807) is 12.3 Å². The zero-order valence-electron chi connectivity index (χ0n) is 9.42. The van der Waals surface area contributed by atoms with Crippen LogP contribution in [0.4, 0.5) is 0 Å². The second-order valence-corrected chi connectivity index (χ2v) is 3.88. The molecule has 0 amide bonds. The number of hydrogen-bond donors (Lipinski definition) is 0. The Morgan fingerprint density at radius 2 is 2.17 bits per heavy atom. The predicted molar refractivity (Wildman–Crippen MR) is 66.6 cm³/mol. The van der Waals surface area contributed by atoms with Crippen LogP contribution >= 0.6 is 11.6 Å². The minimum atomic E-state index is 0.118. The fourth-order valence-electron chi connectivity index (χ4n) is 1.65. The topological polar surface area (TPSA) is 61.0 Å². The van der Waals surface area contributed by atoms with Gasteiger partial charge < -0.3 is 9.15 Å². The molecule has 18 heavy (non-hydrogen) atoms. The van der Waals surface area contributed by atoms with Crippen LogP contribution in [0.25, 0.3) is 22.6 Å². The maximum Gasteiger partial charge on any atom is 0.262 e. The molecule has 0 unspecified atom stereocenters. The van der Waals surface area contributed by atoms with Crippen molar-refractivity contribution in [2.75, 3.05) is 7.11 Å². The lowest BCUT2D eigenvalue weighted by molar-refractivity contribution is 0.393. The van der Waals surface area contributed by atoms with Crippen LogP contribution in [0.15, 0.2) is 34.9 Å². The molecule has 0 aliphatic heterocycles. The molecule has 0 aliphatic rings. The Kier molecular flexibility index (Phi) is 2.60. The molecule has 0 saturated heterocycles. The number of nitrogens with zero attached hydrogens (tertiary/aromatic N) is 3. The fourth-order valence-corrected chi connectivity index (χ4v) is 1.82. The highest BCUT2D eigenvalue weighted by atomic mass is 35.5. The van der Waals surface area contributed by atoms with Crippen LogP contribution in [0.5, 0.6) is 5.88 Å². The minimum absolute atomic E-state index is 0.118. The summed E-state index contributed by atoms with van der Waals surface area (Å²) in [6.45, 7) is 0. The lowest BCUT2D eigenvalue weighted by Gasteiger charge is -1.98. The zero-order chi connectivity index (χ0) is 12.5. The molecule has 90 valence electrons. The normalized spacial score (nSPS) is 10.8. The van der Waals surface area contributed by atoms with Crippen LogP contribution in [0.1, 0.15) is 0 Å². The van der Waals surface area contributed by atoms with Crippen molar-refractivity contribution in [3.8, 4) is 17.3 Å². The number of halogens is 1.